The molecular formula is C18H27N3O3. The van der Waals surface area contributed by atoms with Crippen molar-refractivity contribution in [2.75, 3.05) is 32.8 Å². The topological polar surface area (TPSA) is 70.7 Å². The predicted molar refractivity (Wildman–Crippen MR) is 92.5 cm³/mol. The van der Waals surface area contributed by atoms with Crippen LogP contribution in [0.4, 0.5) is 0 Å². The molecule has 2 N–H and O–H groups in total. The number of amides is 2. The minimum atomic E-state index is -0.569. The molecule has 1 fully saturated rings. The molecule has 1 heterocycles. The lowest BCUT2D eigenvalue weighted by Gasteiger charge is -2.33. The lowest BCUT2D eigenvalue weighted by atomic mass is 10.1. The SMILES string of the molecule is CC(C)NC(=O)C(=O)NCCCN1CCOC(c2ccccc2)C1. The number of hydrogen-bond acceptors (Lipinski definition) is 4. The van der Waals surface area contributed by atoms with Gasteiger partial charge in [0, 0.05) is 32.2 Å². The maximum Gasteiger partial charge on any atom is 0.309 e. The second kappa shape index (κ2) is 9.39. The number of rotatable bonds is 6. The summed E-state index contributed by atoms with van der Waals surface area (Å²) in [5, 5.41) is 5.24. The van der Waals surface area contributed by atoms with Crippen LogP contribution in [-0.2, 0) is 14.3 Å². The molecule has 1 saturated heterocycles. The van der Waals surface area contributed by atoms with Crippen molar-refractivity contribution in [2.24, 2.45) is 0 Å². The summed E-state index contributed by atoms with van der Waals surface area (Å²) in [6.07, 6.45) is 0.911. The zero-order valence-electron chi connectivity index (χ0n) is 14.5. The first kappa shape index (κ1) is 18.4. The Morgan fingerprint density at radius 1 is 1.25 bits per heavy atom. The van der Waals surface area contributed by atoms with Crippen LogP contribution in [0.2, 0.25) is 0 Å². The van der Waals surface area contributed by atoms with Crippen LogP contribution in [-0.4, -0.2) is 55.5 Å². The van der Waals surface area contributed by atoms with Crippen molar-refractivity contribution >= 4 is 11.8 Å². The summed E-state index contributed by atoms with van der Waals surface area (Å²) in [4.78, 5) is 25.4. The molecule has 24 heavy (non-hydrogen) atoms. The van der Waals surface area contributed by atoms with Crippen LogP contribution in [0.5, 0.6) is 0 Å². The number of morpholine rings is 1. The largest absolute Gasteiger partial charge is 0.371 e. The quantitative estimate of drug-likeness (QED) is 0.604. The number of nitrogens with zero attached hydrogens (tertiary/aromatic N) is 1. The van der Waals surface area contributed by atoms with E-state index in [2.05, 4.69) is 27.7 Å². The standard InChI is InChI=1S/C18H27N3O3/c1-14(2)20-18(23)17(22)19-9-6-10-21-11-12-24-16(13-21)15-7-4-3-5-8-15/h3-5,7-8,14,16H,6,9-13H2,1-2H3,(H,19,22)(H,20,23). The van der Waals surface area contributed by atoms with E-state index in [1.807, 2.05) is 32.0 Å². The lowest BCUT2D eigenvalue weighted by molar-refractivity contribution is -0.139. The number of carbonyl (C=O) groups excluding carboxylic acids is 2. The van der Waals surface area contributed by atoms with E-state index in [4.69, 9.17) is 4.74 Å². The highest BCUT2D eigenvalue weighted by Crippen LogP contribution is 2.21. The second-order valence-corrected chi connectivity index (χ2v) is 6.31. The molecule has 1 aliphatic rings. The fraction of sp³-hybridized carbons (Fsp3) is 0.556. The zero-order chi connectivity index (χ0) is 17.4. The monoisotopic (exact) mass is 333 g/mol. The van der Waals surface area contributed by atoms with E-state index in [1.54, 1.807) is 0 Å². The molecule has 6 heteroatoms. The van der Waals surface area contributed by atoms with Gasteiger partial charge in [-0.05, 0) is 25.8 Å². The second-order valence-electron chi connectivity index (χ2n) is 6.31. The maximum absolute atomic E-state index is 11.6. The summed E-state index contributed by atoms with van der Waals surface area (Å²) < 4.78 is 5.84. The van der Waals surface area contributed by atoms with Gasteiger partial charge < -0.3 is 15.4 Å². The molecule has 0 spiro atoms. The van der Waals surface area contributed by atoms with Gasteiger partial charge in [0.15, 0.2) is 0 Å². The first-order chi connectivity index (χ1) is 11.6. The molecule has 0 radical (unpaired) electrons. The first-order valence-electron chi connectivity index (χ1n) is 8.54. The van der Waals surface area contributed by atoms with Gasteiger partial charge in [-0.3, -0.25) is 14.5 Å². The average Bonchev–Trinajstić information content (AvgIpc) is 2.59. The molecule has 1 atom stereocenters. The van der Waals surface area contributed by atoms with Gasteiger partial charge >= 0.3 is 11.8 Å². The Bertz CT molecular complexity index is 534. The molecule has 1 aromatic carbocycles. The fourth-order valence-electron chi connectivity index (χ4n) is 2.69. The molecule has 0 saturated carbocycles. The van der Waals surface area contributed by atoms with Crippen molar-refractivity contribution in [3.05, 3.63) is 35.9 Å². The Kier molecular flexibility index (Phi) is 7.21. The first-order valence-corrected chi connectivity index (χ1v) is 8.54. The van der Waals surface area contributed by atoms with E-state index in [9.17, 15) is 9.59 Å². The van der Waals surface area contributed by atoms with Gasteiger partial charge in [-0.25, -0.2) is 0 Å². The van der Waals surface area contributed by atoms with Gasteiger partial charge in [0.1, 0.15) is 0 Å². The van der Waals surface area contributed by atoms with Crippen LogP contribution < -0.4 is 10.6 Å². The summed E-state index contributed by atoms with van der Waals surface area (Å²) in [5.41, 5.74) is 1.20. The van der Waals surface area contributed by atoms with Crippen molar-refractivity contribution in [3.8, 4) is 0 Å². The molecule has 0 bridgehead atoms. The molecular weight excluding hydrogens is 306 g/mol. The van der Waals surface area contributed by atoms with Crippen molar-refractivity contribution in [3.63, 3.8) is 0 Å². The molecule has 1 aromatic rings. The van der Waals surface area contributed by atoms with Gasteiger partial charge in [0.05, 0.1) is 12.7 Å². The van der Waals surface area contributed by atoms with Crippen LogP contribution in [0, 0.1) is 0 Å². The smallest absolute Gasteiger partial charge is 0.309 e. The third-order valence-electron chi connectivity index (χ3n) is 3.88. The summed E-state index contributed by atoms with van der Waals surface area (Å²) >= 11 is 0. The summed E-state index contributed by atoms with van der Waals surface area (Å²) in [7, 11) is 0. The Morgan fingerprint density at radius 3 is 2.71 bits per heavy atom. The highest BCUT2D eigenvalue weighted by atomic mass is 16.5. The molecule has 132 valence electrons. The lowest BCUT2D eigenvalue weighted by Crippen LogP contribution is -2.44. The number of hydrogen-bond donors (Lipinski definition) is 2. The summed E-state index contributed by atoms with van der Waals surface area (Å²) in [6.45, 7) is 7.48. The Labute approximate surface area is 143 Å². The maximum atomic E-state index is 11.6. The average molecular weight is 333 g/mol. The van der Waals surface area contributed by atoms with Crippen LogP contribution in [0.1, 0.15) is 31.9 Å². The highest BCUT2D eigenvalue weighted by molar-refractivity contribution is 6.35. The van der Waals surface area contributed by atoms with E-state index in [0.717, 1.165) is 26.1 Å². The number of carbonyl (C=O) groups is 2. The van der Waals surface area contributed by atoms with E-state index < -0.39 is 11.8 Å². The molecule has 6 nitrogen and oxygen atoms in total. The Balaban J connectivity index is 1.67. The highest BCUT2D eigenvalue weighted by Gasteiger charge is 2.21. The zero-order valence-corrected chi connectivity index (χ0v) is 14.5. The van der Waals surface area contributed by atoms with Gasteiger partial charge in [-0.15, -0.1) is 0 Å². The predicted octanol–water partition coefficient (Wildman–Crippen LogP) is 1.09. The number of benzene rings is 1. The third kappa shape index (κ3) is 5.94. The van der Waals surface area contributed by atoms with Crippen LogP contribution in [0.15, 0.2) is 30.3 Å². The molecule has 1 unspecified atom stereocenters. The van der Waals surface area contributed by atoms with E-state index in [0.29, 0.717) is 13.2 Å². The van der Waals surface area contributed by atoms with Gasteiger partial charge in [-0.1, -0.05) is 30.3 Å². The van der Waals surface area contributed by atoms with Crippen LogP contribution >= 0.6 is 0 Å². The minimum absolute atomic E-state index is 0.0356. The molecule has 0 aromatic heterocycles. The Morgan fingerprint density at radius 2 is 2.00 bits per heavy atom. The van der Waals surface area contributed by atoms with Crippen molar-refractivity contribution in [1.29, 1.82) is 0 Å². The fourth-order valence-corrected chi connectivity index (χ4v) is 2.69. The van der Waals surface area contributed by atoms with Crippen LogP contribution in [0.25, 0.3) is 0 Å². The van der Waals surface area contributed by atoms with Crippen molar-refractivity contribution < 1.29 is 14.3 Å². The minimum Gasteiger partial charge on any atom is -0.371 e. The molecule has 0 aliphatic carbocycles. The van der Waals surface area contributed by atoms with Gasteiger partial charge in [0.2, 0.25) is 0 Å². The van der Waals surface area contributed by atoms with Gasteiger partial charge in [0.25, 0.3) is 0 Å². The van der Waals surface area contributed by atoms with E-state index in [-0.39, 0.29) is 12.1 Å². The van der Waals surface area contributed by atoms with Crippen molar-refractivity contribution in [2.45, 2.75) is 32.4 Å². The third-order valence-corrected chi connectivity index (χ3v) is 3.88. The molecule has 1 aliphatic heterocycles. The summed E-state index contributed by atoms with van der Waals surface area (Å²) in [5.74, 6) is -1.13. The Hall–Kier alpha value is -1.92. The summed E-state index contributed by atoms with van der Waals surface area (Å²) in [6, 6.07) is 10.2. The van der Waals surface area contributed by atoms with Crippen molar-refractivity contribution in [1.82, 2.24) is 15.5 Å². The molecule has 2 rings (SSSR count). The van der Waals surface area contributed by atoms with Gasteiger partial charge in [-0.2, -0.15) is 0 Å². The van der Waals surface area contributed by atoms with Crippen LogP contribution in [0.3, 0.4) is 0 Å². The van der Waals surface area contributed by atoms with E-state index >= 15 is 0 Å². The number of nitrogens with one attached hydrogen (secondary N) is 2. The number of ether oxygens (including phenoxy) is 1. The van der Waals surface area contributed by atoms with E-state index in [1.165, 1.54) is 5.56 Å². The normalized spacial score (nSPS) is 18.4. The molecule has 2 amide bonds.